The Morgan fingerprint density at radius 3 is 3.00 bits per heavy atom. The summed E-state index contributed by atoms with van der Waals surface area (Å²) in [7, 11) is 2.02. The molecule has 1 aliphatic rings. The maximum Gasteiger partial charge on any atom is 0.255 e. The second-order valence-corrected chi connectivity index (χ2v) is 3.79. The summed E-state index contributed by atoms with van der Waals surface area (Å²) in [6.45, 7) is 3.92. The predicted molar refractivity (Wildman–Crippen MR) is 51.1 cm³/mol. The molecule has 15 heavy (non-hydrogen) atoms. The average molecular weight is 213 g/mol. The average Bonchev–Trinajstić information content (AvgIpc) is 2.66. The van der Waals surface area contributed by atoms with E-state index in [1.807, 2.05) is 7.05 Å². The fourth-order valence-corrected chi connectivity index (χ4v) is 1.48. The van der Waals surface area contributed by atoms with Crippen LogP contribution in [0.4, 0.5) is 0 Å². The summed E-state index contributed by atoms with van der Waals surface area (Å²) in [6, 6.07) is 0. The third kappa shape index (κ3) is 2.34. The number of ether oxygens (including phenoxy) is 1. The van der Waals surface area contributed by atoms with Gasteiger partial charge in [-0.2, -0.15) is 4.98 Å². The highest BCUT2D eigenvalue weighted by Gasteiger charge is 2.25. The van der Waals surface area contributed by atoms with Crippen LogP contribution in [0.15, 0.2) is 4.52 Å². The minimum atomic E-state index is -0.729. The second kappa shape index (κ2) is 4.26. The summed E-state index contributed by atoms with van der Waals surface area (Å²) in [5.74, 6) is 0.749. The van der Waals surface area contributed by atoms with Crippen molar-refractivity contribution in [3.05, 3.63) is 11.7 Å². The standard InChI is InChI=1S/C9H15N3O3/c1-6(13)9-10-8(11-15-9)7-5-12(2)3-4-14-7/h6-7,13H,3-5H2,1-2H3/t6-,7?/m0/s1. The number of nitrogens with zero attached hydrogens (tertiary/aromatic N) is 3. The lowest BCUT2D eigenvalue weighted by Crippen LogP contribution is -2.35. The van der Waals surface area contributed by atoms with Crippen LogP contribution in [0.3, 0.4) is 0 Å². The van der Waals surface area contributed by atoms with Crippen molar-refractivity contribution in [2.24, 2.45) is 0 Å². The van der Waals surface area contributed by atoms with Crippen molar-refractivity contribution >= 4 is 0 Å². The maximum absolute atomic E-state index is 9.24. The van der Waals surface area contributed by atoms with E-state index >= 15 is 0 Å². The molecule has 1 fully saturated rings. The Kier molecular flexibility index (Phi) is 2.99. The van der Waals surface area contributed by atoms with Crippen LogP contribution in [0, 0.1) is 0 Å². The van der Waals surface area contributed by atoms with Gasteiger partial charge in [-0.15, -0.1) is 0 Å². The van der Waals surface area contributed by atoms with Gasteiger partial charge in [0.05, 0.1) is 6.61 Å². The first-order valence-electron chi connectivity index (χ1n) is 4.98. The van der Waals surface area contributed by atoms with E-state index in [0.717, 1.165) is 13.1 Å². The SMILES string of the molecule is C[C@H](O)c1nc(C2CN(C)CCO2)no1. The fourth-order valence-electron chi connectivity index (χ4n) is 1.48. The highest BCUT2D eigenvalue weighted by atomic mass is 16.5. The minimum Gasteiger partial charge on any atom is -0.384 e. The summed E-state index contributed by atoms with van der Waals surface area (Å²) in [5, 5.41) is 13.0. The Labute approximate surface area is 87.8 Å². The molecular formula is C9H15N3O3. The monoisotopic (exact) mass is 213 g/mol. The number of rotatable bonds is 2. The van der Waals surface area contributed by atoms with Gasteiger partial charge in [-0.3, -0.25) is 0 Å². The lowest BCUT2D eigenvalue weighted by Gasteiger charge is -2.27. The molecule has 0 aromatic carbocycles. The van der Waals surface area contributed by atoms with Crippen molar-refractivity contribution in [3.63, 3.8) is 0 Å². The molecule has 1 unspecified atom stereocenters. The zero-order chi connectivity index (χ0) is 10.8. The summed E-state index contributed by atoms with van der Waals surface area (Å²) in [4.78, 5) is 6.23. The molecule has 1 N–H and O–H groups in total. The molecule has 1 aliphatic heterocycles. The summed E-state index contributed by atoms with van der Waals surface area (Å²) in [5.41, 5.74) is 0. The van der Waals surface area contributed by atoms with Crippen LogP contribution in [0.2, 0.25) is 0 Å². The van der Waals surface area contributed by atoms with Gasteiger partial charge in [0.1, 0.15) is 12.2 Å². The van der Waals surface area contributed by atoms with Gasteiger partial charge in [0.2, 0.25) is 5.82 Å². The number of aromatic nitrogens is 2. The smallest absolute Gasteiger partial charge is 0.255 e. The molecule has 6 heteroatoms. The Hall–Kier alpha value is -0.980. The van der Waals surface area contributed by atoms with Gasteiger partial charge in [-0.25, -0.2) is 0 Å². The van der Waals surface area contributed by atoms with E-state index in [-0.39, 0.29) is 12.0 Å². The van der Waals surface area contributed by atoms with Crippen molar-refractivity contribution in [1.82, 2.24) is 15.0 Å². The summed E-state index contributed by atoms with van der Waals surface area (Å²) in [6.07, 6.45) is -0.882. The van der Waals surface area contributed by atoms with Crippen molar-refractivity contribution < 1.29 is 14.4 Å². The molecule has 0 bridgehead atoms. The van der Waals surface area contributed by atoms with Crippen molar-refractivity contribution in [1.29, 1.82) is 0 Å². The number of hydrogen-bond acceptors (Lipinski definition) is 6. The zero-order valence-corrected chi connectivity index (χ0v) is 8.88. The Bertz CT molecular complexity index is 326. The van der Waals surface area contributed by atoms with Gasteiger partial charge in [0, 0.05) is 13.1 Å². The van der Waals surface area contributed by atoms with Crippen molar-refractivity contribution in [2.75, 3.05) is 26.7 Å². The van der Waals surface area contributed by atoms with Gasteiger partial charge < -0.3 is 19.3 Å². The molecule has 1 aromatic heterocycles. The molecule has 0 aliphatic carbocycles. The molecule has 1 saturated heterocycles. The van der Waals surface area contributed by atoms with E-state index in [4.69, 9.17) is 9.26 Å². The Morgan fingerprint density at radius 1 is 1.60 bits per heavy atom. The third-order valence-corrected chi connectivity index (χ3v) is 2.37. The summed E-state index contributed by atoms with van der Waals surface area (Å²) < 4.78 is 10.4. The molecule has 0 amide bonds. The van der Waals surface area contributed by atoms with Crippen LogP contribution in [-0.2, 0) is 4.74 Å². The van der Waals surface area contributed by atoms with Gasteiger partial charge in [0.25, 0.3) is 5.89 Å². The quantitative estimate of drug-likeness (QED) is 0.752. The zero-order valence-electron chi connectivity index (χ0n) is 8.88. The van der Waals surface area contributed by atoms with Gasteiger partial charge in [-0.1, -0.05) is 5.16 Å². The van der Waals surface area contributed by atoms with E-state index in [1.165, 1.54) is 0 Å². The first-order chi connectivity index (χ1) is 7.16. The van der Waals surface area contributed by atoms with Crippen LogP contribution in [0.1, 0.15) is 30.8 Å². The van der Waals surface area contributed by atoms with E-state index in [9.17, 15) is 5.11 Å². The van der Waals surface area contributed by atoms with Gasteiger partial charge in [0.15, 0.2) is 0 Å². The van der Waals surface area contributed by atoms with E-state index in [2.05, 4.69) is 15.0 Å². The van der Waals surface area contributed by atoms with Crippen LogP contribution < -0.4 is 0 Å². The third-order valence-electron chi connectivity index (χ3n) is 2.37. The molecule has 2 heterocycles. The number of likely N-dealkylation sites (N-methyl/N-ethyl adjacent to an activating group) is 1. The molecule has 1 aromatic rings. The van der Waals surface area contributed by atoms with Crippen LogP contribution in [0.25, 0.3) is 0 Å². The van der Waals surface area contributed by atoms with Crippen LogP contribution in [0.5, 0.6) is 0 Å². The van der Waals surface area contributed by atoms with Gasteiger partial charge >= 0.3 is 0 Å². The summed E-state index contributed by atoms with van der Waals surface area (Å²) >= 11 is 0. The molecule has 2 atom stereocenters. The lowest BCUT2D eigenvalue weighted by atomic mass is 10.2. The largest absolute Gasteiger partial charge is 0.384 e. The number of aliphatic hydroxyl groups excluding tert-OH is 1. The fraction of sp³-hybridized carbons (Fsp3) is 0.778. The Morgan fingerprint density at radius 2 is 2.40 bits per heavy atom. The molecule has 84 valence electrons. The van der Waals surface area contributed by atoms with Gasteiger partial charge in [-0.05, 0) is 14.0 Å². The normalized spacial score (nSPS) is 25.4. The minimum absolute atomic E-state index is 0.153. The van der Waals surface area contributed by atoms with E-state index in [1.54, 1.807) is 6.92 Å². The highest BCUT2D eigenvalue weighted by molar-refractivity contribution is 4.95. The molecule has 0 radical (unpaired) electrons. The first kappa shape index (κ1) is 10.5. The molecule has 6 nitrogen and oxygen atoms in total. The lowest BCUT2D eigenvalue weighted by molar-refractivity contribution is -0.0264. The molecule has 0 saturated carbocycles. The van der Waals surface area contributed by atoms with E-state index in [0.29, 0.717) is 12.4 Å². The predicted octanol–water partition coefficient (Wildman–Crippen LogP) is 0.126. The first-order valence-corrected chi connectivity index (χ1v) is 4.98. The van der Waals surface area contributed by atoms with Crippen molar-refractivity contribution in [2.45, 2.75) is 19.1 Å². The topological polar surface area (TPSA) is 71.6 Å². The molecular weight excluding hydrogens is 198 g/mol. The van der Waals surface area contributed by atoms with Crippen LogP contribution in [-0.4, -0.2) is 46.9 Å². The number of hydrogen-bond donors (Lipinski definition) is 1. The van der Waals surface area contributed by atoms with Crippen molar-refractivity contribution in [3.8, 4) is 0 Å². The second-order valence-electron chi connectivity index (χ2n) is 3.79. The van der Waals surface area contributed by atoms with Crippen LogP contribution >= 0.6 is 0 Å². The highest BCUT2D eigenvalue weighted by Crippen LogP contribution is 2.20. The number of morpholine rings is 1. The van der Waals surface area contributed by atoms with E-state index < -0.39 is 6.10 Å². The Balaban J connectivity index is 2.08. The number of aliphatic hydroxyl groups is 1. The molecule has 0 spiro atoms. The maximum atomic E-state index is 9.24. The molecule has 2 rings (SSSR count).